The van der Waals surface area contributed by atoms with Crippen LogP contribution in [0.3, 0.4) is 0 Å². The van der Waals surface area contributed by atoms with Crippen molar-refractivity contribution >= 4 is 5.97 Å². The first-order valence-electron chi connectivity index (χ1n) is 5.45. The fourth-order valence-electron chi connectivity index (χ4n) is 1.27. The van der Waals surface area contributed by atoms with Crippen molar-refractivity contribution < 1.29 is 14.3 Å². The summed E-state index contributed by atoms with van der Waals surface area (Å²) in [4.78, 5) is 11.6. The topological polar surface area (TPSA) is 35.5 Å². The molecular weight excluding hydrogens is 204 g/mol. The van der Waals surface area contributed by atoms with Crippen LogP contribution < -0.4 is 0 Å². The summed E-state index contributed by atoms with van der Waals surface area (Å²) in [5, 5.41) is 0. The van der Waals surface area contributed by atoms with Gasteiger partial charge in [-0.3, -0.25) is 0 Å². The van der Waals surface area contributed by atoms with Crippen molar-refractivity contribution in [3.8, 4) is 0 Å². The van der Waals surface area contributed by atoms with Crippen LogP contribution in [0.25, 0.3) is 0 Å². The molecule has 0 aromatic heterocycles. The van der Waals surface area contributed by atoms with Gasteiger partial charge in [0.25, 0.3) is 0 Å². The lowest BCUT2D eigenvalue weighted by Gasteiger charge is -2.08. The molecule has 0 aliphatic heterocycles. The Hall–Kier alpha value is -1.35. The molecule has 0 unspecified atom stereocenters. The Labute approximate surface area is 96.4 Å². The quantitative estimate of drug-likeness (QED) is 0.567. The van der Waals surface area contributed by atoms with Crippen molar-refractivity contribution in [1.82, 2.24) is 0 Å². The molecule has 1 rings (SSSR count). The van der Waals surface area contributed by atoms with Crippen LogP contribution in [-0.4, -0.2) is 25.3 Å². The first-order chi connectivity index (χ1) is 7.59. The van der Waals surface area contributed by atoms with Crippen LogP contribution in [0.15, 0.2) is 24.3 Å². The van der Waals surface area contributed by atoms with E-state index in [1.54, 1.807) is 6.07 Å². The zero-order valence-electron chi connectivity index (χ0n) is 10.0. The zero-order valence-corrected chi connectivity index (χ0v) is 10.0. The van der Waals surface area contributed by atoms with Gasteiger partial charge in [0.15, 0.2) is 0 Å². The van der Waals surface area contributed by atoms with Gasteiger partial charge in [-0.2, -0.15) is 0 Å². The molecule has 0 N–H and O–H groups in total. The van der Waals surface area contributed by atoms with Crippen molar-refractivity contribution in [2.24, 2.45) is 0 Å². The second-order valence-electron chi connectivity index (χ2n) is 3.92. The first-order valence-corrected chi connectivity index (χ1v) is 5.45. The van der Waals surface area contributed by atoms with Crippen LogP contribution in [0.1, 0.15) is 29.8 Å². The fourth-order valence-corrected chi connectivity index (χ4v) is 1.27. The minimum absolute atomic E-state index is 0.165. The molecule has 1 aromatic rings. The Bertz CT molecular complexity index is 345. The van der Waals surface area contributed by atoms with Gasteiger partial charge in [-0.15, -0.1) is 0 Å². The van der Waals surface area contributed by atoms with Crippen molar-refractivity contribution in [1.29, 1.82) is 0 Å². The molecule has 0 saturated carbocycles. The standard InChI is InChI=1S/C13H18O3/c1-10(2)15-7-8-16-13(14)12-6-4-5-11(3)9-12/h4-6,9-10H,7-8H2,1-3H3. The highest BCUT2D eigenvalue weighted by Gasteiger charge is 2.06. The van der Waals surface area contributed by atoms with E-state index in [2.05, 4.69) is 0 Å². The van der Waals surface area contributed by atoms with E-state index in [-0.39, 0.29) is 12.1 Å². The number of esters is 1. The average Bonchev–Trinajstić information content (AvgIpc) is 2.24. The van der Waals surface area contributed by atoms with E-state index in [9.17, 15) is 4.79 Å². The number of aryl methyl sites for hydroxylation is 1. The Morgan fingerprint density at radius 1 is 1.31 bits per heavy atom. The zero-order chi connectivity index (χ0) is 12.0. The lowest BCUT2D eigenvalue weighted by molar-refractivity contribution is 0.0177. The summed E-state index contributed by atoms with van der Waals surface area (Å²) in [7, 11) is 0. The third kappa shape index (κ3) is 4.45. The molecule has 0 aliphatic carbocycles. The summed E-state index contributed by atoms with van der Waals surface area (Å²) in [6.07, 6.45) is 0.165. The molecule has 0 radical (unpaired) electrons. The SMILES string of the molecule is Cc1cccc(C(=O)OCCOC(C)C)c1. The summed E-state index contributed by atoms with van der Waals surface area (Å²) in [5.41, 5.74) is 1.64. The van der Waals surface area contributed by atoms with Crippen LogP contribution in [0.4, 0.5) is 0 Å². The van der Waals surface area contributed by atoms with E-state index in [1.165, 1.54) is 0 Å². The van der Waals surface area contributed by atoms with Crippen LogP contribution in [0.5, 0.6) is 0 Å². The third-order valence-corrected chi connectivity index (χ3v) is 2.02. The third-order valence-electron chi connectivity index (χ3n) is 2.02. The molecule has 0 heterocycles. The van der Waals surface area contributed by atoms with Crippen molar-refractivity contribution in [3.63, 3.8) is 0 Å². The highest BCUT2D eigenvalue weighted by molar-refractivity contribution is 5.89. The number of hydrogen-bond donors (Lipinski definition) is 0. The smallest absolute Gasteiger partial charge is 0.338 e. The predicted octanol–water partition coefficient (Wildman–Crippen LogP) is 2.58. The summed E-state index contributed by atoms with van der Waals surface area (Å²) in [5.74, 6) is -0.295. The van der Waals surface area contributed by atoms with Crippen LogP contribution >= 0.6 is 0 Å². The number of rotatable bonds is 5. The van der Waals surface area contributed by atoms with Gasteiger partial charge in [0, 0.05) is 0 Å². The highest BCUT2D eigenvalue weighted by atomic mass is 16.6. The largest absolute Gasteiger partial charge is 0.460 e. The Balaban J connectivity index is 2.35. The number of hydrogen-bond acceptors (Lipinski definition) is 3. The first kappa shape index (κ1) is 12.7. The van der Waals surface area contributed by atoms with Gasteiger partial charge in [0.1, 0.15) is 6.61 Å². The second kappa shape index (κ2) is 6.28. The van der Waals surface area contributed by atoms with Gasteiger partial charge in [0.05, 0.1) is 18.3 Å². The molecule has 0 saturated heterocycles. The molecule has 16 heavy (non-hydrogen) atoms. The number of ether oxygens (including phenoxy) is 2. The average molecular weight is 222 g/mol. The Morgan fingerprint density at radius 3 is 2.69 bits per heavy atom. The molecule has 0 amide bonds. The summed E-state index contributed by atoms with van der Waals surface area (Å²) in [6, 6.07) is 7.35. The monoisotopic (exact) mass is 222 g/mol. The van der Waals surface area contributed by atoms with Crippen molar-refractivity contribution in [2.75, 3.05) is 13.2 Å². The normalized spacial score (nSPS) is 10.5. The minimum Gasteiger partial charge on any atom is -0.460 e. The Kier molecular flexibility index (Phi) is 4.99. The highest BCUT2D eigenvalue weighted by Crippen LogP contribution is 2.05. The predicted molar refractivity (Wildman–Crippen MR) is 62.5 cm³/mol. The molecular formula is C13H18O3. The Morgan fingerprint density at radius 2 is 2.06 bits per heavy atom. The van der Waals surface area contributed by atoms with E-state index in [1.807, 2.05) is 39.0 Å². The molecule has 3 heteroatoms. The maximum absolute atomic E-state index is 11.6. The van der Waals surface area contributed by atoms with Crippen LogP contribution in [0.2, 0.25) is 0 Å². The molecule has 0 atom stereocenters. The van der Waals surface area contributed by atoms with E-state index < -0.39 is 0 Å². The number of carbonyl (C=O) groups excluding carboxylic acids is 1. The van der Waals surface area contributed by atoms with Gasteiger partial charge < -0.3 is 9.47 Å². The maximum atomic E-state index is 11.6. The maximum Gasteiger partial charge on any atom is 0.338 e. The molecule has 88 valence electrons. The second-order valence-corrected chi connectivity index (χ2v) is 3.92. The molecule has 0 aliphatic rings. The van der Waals surface area contributed by atoms with Gasteiger partial charge in [-0.25, -0.2) is 4.79 Å². The van der Waals surface area contributed by atoms with E-state index in [0.29, 0.717) is 18.8 Å². The van der Waals surface area contributed by atoms with E-state index >= 15 is 0 Å². The molecule has 0 spiro atoms. The lowest BCUT2D eigenvalue weighted by atomic mass is 10.1. The van der Waals surface area contributed by atoms with Crippen molar-refractivity contribution in [3.05, 3.63) is 35.4 Å². The molecule has 0 bridgehead atoms. The minimum atomic E-state index is -0.295. The number of carbonyl (C=O) groups is 1. The van der Waals surface area contributed by atoms with Crippen molar-refractivity contribution in [2.45, 2.75) is 26.9 Å². The molecule has 3 nitrogen and oxygen atoms in total. The van der Waals surface area contributed by atoms with Gasteiger partial charge in [-0.1, -0.05) is 17.7 Å². The molecule has 0 fully saturated rings. The number of benzene rings is 1. The van der Waals surface area contributed by atoms with Crippen LogP contribution in [0, 0.1) is 6.92 Å². The van der Waals surface area contributed by atoms with Gasteiger partial charge >= 0.3 is 5.97 Å². The fraction of sp³-hybridized carbons (Fsp3) is 0.462. The van der Waals surface area contributed by atoms with E-state index in [4.69, 9.17) is 9.47 Å². The molecule has 1 aromatic carbocycles. The lowest BCUT2D eigenvalue weighted by Crippen LogP contribution is -2.13. The summed E-state index contributed by atoms with van der Waals surface area (Å²) in [6.45, 7) is 6.57. The van der Waals surface area contributed by atoms with Gasteiger partial charge in [0.2, 0.25) is 0 Å². The summed E-state index contributed by atoms with van der Waals surface area (Å²) >= 11 is 0. The summed E-state index contributed by atoms with van der Waals surface area (Å²) < 4.78 is 10.3. The van der Waals surface area contributed by atoms with Gasteiger partial charge in [-0.05, 0) is 32.9 Å². The van der Waals surface area contributed by atoms with E-state index in [0.717, 1.165) is 5.56 Å². The van der Waals surface area contributed by atoms with Crippen LogP contribution in [-0.2, 0) is 9.47 Å².